The van der Waals surface area contributed by atoms with Gasteiger partial charge in [0.1, 0.15) is 11.8 Å². The van der Waals surface area contributed by atoms with Gasteiger partial charge in [0.2, 0.25) is 11.8 Å². The molecule has 2 amide bonds. The van der Waals surface area contributed by atoms with Crippen molar-refractivity contribution < 1.29 is 27.9 Å². The maximum Gasteiger partial charge on any atom is 0.416 e. The summed E-state index contributed by atoms with van der Waals surface area (Å²) >= 11 is 0. The minimum absolute atomic E-state index is 0.104. The lowest BCUT2D eigenvalue weighted by atomic mass is 9.84. The van der Waals surface area contributed by atoms with Gasteiger partial charge in [-0.2, -0.15) is 13.2 Å². The Hall–Kier alpha value is -2.25. The molecule has 0 aromatic heterocycles. The number of phenolic OH excluding ortho intramolecular Hbond substituents is 1. The van der Waals surface area contributed by atoms with Gasteiger partial charge in [0.15, 0.2) is 0 Å². The Morgan fingerprint density at radius 3 is 2.48 bits per heavy atom. The SMILES string of the molecule is C[C@@H](NC(=O)C1CCC1)C(=O)Nc1cc(C(F)(F)F)ccc1O. The summed E-state index contributed by atoms with van der Waals surface area (Å²) in [6, 6.07) is 1.30. The Bertz CT molecular complexity index is 612. The number of benzene rings is 1. The second-order valence-electron chi connectivity index (χ2n) is 5.58. The van der Waals surface area contributed by atoms with E-state index in [1.54, 1.807) is 0 Å². The van der Waals surface area contributed by atoms with Crippen LogP contribution in [0, 0.1) is 5.92 Å². The van der Waals surface area contributed by atoms with E-state index in [9.17, 15) is 27.9 Å². The summed E-state index contributed by atoms with van der Waals surface area (Å²) in [6.07, 6.45) is -2.07. The number of carbonyl (C=O) groups is 2. The van der Waals surface area contributed by atoms with Crippen LogP contribution in [-0.4, -0.2) is 23.0 Å². The Labute approximate surface area is 130 Å². The van der Waals surface area contributed by atoms with Crippen molar-refractivity contribution in [2.75, 3.05) is 5.32 Å². The van der Waals surface area contributed by atoms with Crippen LogP contribution >= 0.6 is 0 Å². The average Bonchev–Trinajstić information content (AvgIpc) is 2.37. The van der Waals surface area contributed by atoms with Crippen molar-refractivity contribution in [2.45, 2.75) is 38.4 Å². The second-order valence-corrected chi connectivity index (χ2v) is 5.58. The van der Waals surface area contributed by atoms with Crippen LogP contribution in [0.4, 0.5) is 18.9 Å². The van der Waals surface area contributed by atoms with E-state index in [-0.39, 0.29) is 17.5 Å². The van der Waals surface area contributed by atoms with E-state index in [0.29, 0.717) is 12.1 Å². The van der Waals surface area contributed by atoms with Crippen LogP contribution in [0.2, 0.25) is 0 Å². The van der Waals surface area contributed by atoms with Gasteiger partial charge in [-0.25, -0.2) is 0 Å². The van der Waals surface area contributed by atoms with E-state index in [2.05, 4.69) is 10.6 Å². The molecular formula is C15H17F3N2O3. The molecule has 2 rings (SSSR count). The first-order chi connectivity index (χ1) is 10.7. The molecule has 8 heteroatoms. The van der Waals surface area contributed by atoms with Gasteiger partial charge >= 0.3 is 6.18 Å². The lowest BCUT2D eigenvalue weighted by Crippen LogP contribution is -2.45. The zero-order chi connectivity index (χ0) is 17.2. The molecule has 126 valence electrons. The lowest BCUT2D eigenvalue weighted by Gasteiger charge is -2.25. The van der Waals surface area contributed by atoms with Crippen LogP contribution in [0.1, 0.15) is 31.7 Å². The smallest absolute Gasteiger partial charge is 0.416 e. The molecule has 23 heavy (non-hydrogen) atoms. The van der Waals surface area contributed by atoms with Crippen LogP contribution in [-0.2, 0) is 15.8 Å². The summed E-state index contributed by atoms with van der Waals surface area (Å²) in [7, 11) is 0. The van der Waals surface area contributed by atoms with Crippen molar-refractivity contribution in [2.24, 2.45) is 5.92 Å². The number of nitrogens with one attached hydrogen (secondary N) is 2. The first kappa shape index (κ1) is 17.1. The summed E-state index contributed by atoms with van der Waals surface area (Å²) in [4.78, 5) is 23.7. The fourth-order valence-electron chi connectivity index (χ4n) is 2.12. The molecule has 1 fully saturated rings. The number of hydrogen-bond donors (Lipinski definition) is 3. The van der Waals surface area contributed by atoms with E-state index in [1.807, 2.05) is 0 Å². The van der Waals surface area contributed by atoms with Crippen LogP contribution < -0.4 is 10.6 Å². The van der Waals surface area contributed by atoms with Gasteiger partial charge in [-0.05, 0) is 38.0 Å². The Balaban J connectivity index is 2.02. The molecule has 1 aliphatic carbocycles. The number of aromatic hydroxyl groups is 1. The molecule has 0 spiro atoms. The fourth-order valence-corrected chi connectivity index (χ4v) is 2.12. The quantitative estimate of drug-likeness (QED) is 0.743. The van der Waals surface area contributed by atoms with Gasteiger partial charge in [0, 0.05) is 5.92 Å². The zero-order valence-corrected chi connectivity index (χ0v) is 12.4. The highest BCUT2D eigenvalue weighted by Gasteiger charge is 2.32. The van der Waals surface area contributed by atoms with Crippen LogP contribution in [0.15, 0.2) is 18.2 Å². The van der Waals surface area contributed by atoms with Crippen molar-refractivity contribution in [3.8, 4) is 5.75 Å². The highest BCUT2D eigenvalue weighted by atomic mass is 19.4. The maximum absolute atomic E-state index is 12.7. The largest absolute Gasteiger partial charge is 0.506 e. The fraction of sp³-hybridized carbons (Fsp3) is 0.467. The van der Waals surface area contributed by atoms with Crippen molar-refractivity contribution in [3.63, 3.8) is 0 Å². The Morgan fingerprint density at radius 1 is 1.30 bits per heavy atom. The van der Waals surface area contributed by atoms with E-state index in [0.717, 1.165) is 25.3 Å². The first-order valence-corrected chi connectivity index (χ1v) is 7.20. The highest BCUT2D eigenvalue weighted by molar-refractivity contribution is 5.98. The molecule has 1 atom stereocenters. The van der Waals surface area contributed by atoms with Gasteiger partial charge in [0.25, 0.3) is 0 Å². The Morgan fingerprint density at radius 2 is 1.96 bits per heavy atom. The summed E-state index contributed by atoms with van der Waals surface area (Å²) in [5.41, 5.74) is -1.34. The van der Waals surface area contributed by atoms with Crippen molar-refractivity contribution >= 4 is 17.5 Å². The molecule has 1 aliphatic rings. The number of anilines is 1. The number of rotatable bonds is 4. The Kier molecular flexibility index (Phi) is 4.82. The highest BCUT2D eigenvalue weighted by Crippen LogP contribution is 2.34. The number of hydrogen-bond acceptors (Lipinski definition) is 3. The molecule has 0 radical (unpaired) electrons. The standard InChI is InChI=1S/C15H17F3N2O3/c1-8(19-14(23)9-3-2-4-9)13(22)20-11-7-10(15(16,17)18)5-6-12(11)21/h5-9,21H,2-4H2,1H3,(H,19,23)(H,20,22)/t8-/m1/s1. The van der Waals surface area contributed by atoms with E-state index < -0.39 is 29.4 Å². The van der Waals surface area contributed by atoms with Crippen LogP contribution in [0.5, 0.6) is 5.75 Å². The number of alkyl halides is 3. The number of halogens is 3. The molecule has 5 nitrogen and oxygen atoms in total. The van der Waals surface area contributed by atoms with Gasteiger partial charge in [-0.15, -0.1) is 0 Å². The summed E-state index contributed by atoms with van der Waals surface area (Å²) in [6.45, 7) is 1.43. The predicted molar refractivity (Wildman–Crippen MR) is 76.7 cm³/mol. The average molecular weight is 330 g/mol. The third-order valence-electron chi connectivity index (χ3n) is 3.81. The van der Waals surface area contributed by atoms with E-state index in [1.165, 1.54) is 6.92 Å². The minimum Gasteiger partial charge on any atom is -0.506 e. The molecule has 1 aromatic carbocycles. The molecule has 0 saturated heterocycles. The maximum atomic E-state index is 12.7. The van der Waals surface area contributed by atoms with Crippen molar-refractivity contribution in [1.29, 1.82) is 0 Å². The number of amides is 2. The van der Waals surface area contributed by atoms with Crippen molar-refractivity contribution in [1.82, 2.24) is 5.32 Å². The van der Waals surface area contributed by atoms with Gasteiger partial charge in [-0.3, -0.25) is 9.59 Å². The van der Waals surface area contributed by atoms with Gasteiger partial charge in [-0.1, -0.05) is 6.42 Å². The minimum atomic E-state index is -4.59. The second kappa shape index (κ2) is 6.47. The summed E-state index contributed by atoms with van der Waals surface area (Å²) in [5.74, 6) is -1.53. The predicted octanol–water partition coefficient (Wildman–Crippen LogP) is 2.65. The van der Waals surface area contributed by atoms with Crippen LogP contribution in [0.3, 0.4) is 0 Å². The molecule has 3 N–H and O–H groups in total. The van der Waals surface area contributed by atoms with Crippen LogP contribution in [0.25, 0.3) is 0 Å². The summed E-state index contributed by atoms with van der Waals surface area (Å²) in [5, 5.41) is 14.3. The van der Waals surface area contributed by atoms with Crippen molar-refractivity contribution in [3.05, 3.63) is 23.8 Å². The molecular weight excluding hydrogens is 313 g/mol. The van der Waals surface area contributed by atoms with Gasteiger partial charge < -0.3 is 15.7 Å². The molecule has 1 saturated carbocycles. The third kappa shape index (κ3) is 4.14. The first-order valence-electron chi connectivity index (χ1n) is 7.20. The van der Waals surface area contributed by atoms with Gasteiger partial charge in [0.05, 0.1) is 11.3 Å². The molecule has 1 aromatic rings. The molecule has 0 unspecified atom stereocenters. The normalized spacial score (nSPS) is 16.3. The van der Waals surface area contributed by atoms with E-state index in [4.69, 9.17) is 0 Å². The summed E-state index contributed by atoms with van der Waals surface area (Å²) < 4.78 is 38.0. The number of carbonyl (C=O) groups excluding carboxylic acids is 2. The molecule has 0 aliphatic heterocycles. The molecule has 0 bridgehead atoms. The molecule has 0 heterocycles. The monoisotopic (exact) mass is 330 g/mol. The third-order valence-corrected chi connectivity index (χ3v) is 3.81. The topological polar surface area (TPSA) is 78.4 Å². The number of phenols is 1. The lowest BCUT2D eigenvalue weighted by molar-refractivity contribution is -0.137. The zero-order valence-electron chi connectivity index (χ0n) is 12.4. The van der Waals surface area contributed by atoms with E-state index >= 15 is 0 Å².